The zero-order valence-corrected chi connectivity index (χ0v) is 19.2. The highest BCUT2D eigenvalue weighted by Gasteiger charge is 2.28. The number of anilines is 1. The molecule has 1 amide bonds. The summed E-state index contributed by atoms with van der Waals surface area (Å²) in [6.45, 7) is 10.1. The summed E-state index contributed by atoms with van der Waals surface area (Å²) >= 11 is 0. The molecule has 0 unspecified atom stereocenters. The van der Waals surface area contributed by atoms with E-state index in [1.807, 2.05) is 23.7 Å². The maximum absolute atomic E-state index is 13.2. The van der Waals surface area contributed by atoms with Crippen molar-refractivity contribution < 1.29 is 9.53 Å². The molecule has 2 aliphatic rings. The van der Waals surface area contributed by atoms with Crippen LogP contribution in [0.25, 0.3) is 0 Å². The molecule has 2 heterocycles. The summed E-state index contributed by atoms with van der Waals surface area (Å²) in [5, 5.41) is 7.83. The van der Waals surface area contributed by atoms with Gasteiger partial charge in [0.2, 0.25) is 0 Å². The first-order valence-corrected chi connectivity index (χ1v) is 12.0. The Morgan fingerprint density at radius 3 is 2.81 bits per heavy atom. The highest BCUT2D eigenvalue weighted by Crippen LogP contribution is 2.32. The zero-order valence-electron chi connectivity index (χ0n) is 19.2. The Labute approximate surface area is 186 Å². The smallest absolute Gasteiger partial charge is 0.274 e. The molecule has 1 fully saturated rings. The van der Waals surface area contributed by atoms with Crippen LogP contribution in [0, 0.1) is 0 Å². The molecule has 2 atom stereocenters. The summed E-state index contributed by atoms with van der Waals surface area (Å²) in [5.41, 5.74) is 4.94. The van der Waals surface area contributed by atoms with E-state index in [4.69, 9.17) is 9.84 Å². The number of benzene rings is 1. The minimum atomic E-state index is -0.0553. The van der Waals surface area contributed by atoms with Gasteiger partial charge in [-0.25, -0.2) is 0 Å². The predicted molar refractivity (Wildman–Crippen MR) is 124 cm³/mol. The summed E-state index contributed by atoms with van der Waals surface area (Å²) in [5.74, 6) is -0.0553. The molecule has 4 rings (SSSR count). The number of carbonyl (C=O) groups excluding carboxylic acids is 1. The number of carbonyl (C=O) groups is 1. The summed E-state index contributed by atoms with van der Waals surface area (Å²) < 4.78 is 7.99. The standard InChI is InChI=1S/C25H36N4O2/c1-4-28(5-2)20-14-15-31-23(17-20)18-10-9-11-19(16-18)26-25(30)24-21-12-7-8-13-22(21)27-29(24)6-3/h9-11,16,20,23H,4-8,12-15,17H2,1-3H3,(H,26,30)/t20-,23+/m1/s1. The Morgan fingerprint density at radius 1 is 1.23 bits per heavy atom. The first-order chi connectivity index (χ1) is 15.1. The van der Waals surface area contributed by atoms with Gasteiger partial charge in [0, 0.05) is 30.4 Å². The van der Waals surface area contributed by atoms with Gasteiger partial charge in [0.15, 0.2) is 0 Å². The number of fused-ring (bicyclic) bond motifs is 1. The van der Waals surface area contributed by atoms with Gasteiger partial charge in [0.05, 0.1) is 11.8 Å². The fourth-order valence-corrected chi connectivity index (χ4v) is 5.18. The van der Waals surface area contributed by atoms with Crippen molar-refractivity contribution in [2.45, 2.75) is 78.0 Å². The Balaban J connectivity index is 1.51. The topological polar surface area (TPSA) is 59.4 Å². The van der Waals surface area contributed by atoms with Crippen molar-refractivity contribution in [2.24, 2.45) is 0 Å². The lowest BCUT2D eigenvalue weighted by Crippen LogP contribution is -2.40. The largest absolute Gasteiger partial charge is 0.373 e. The second kappa shape index (κ2) is 9.96. The van der Waals surface area contributed by atoms with Crippen LogP contribution < -0.4 is 5.32 Å². The van der Waals surface area contributed by atoms with Crippen molar-refractivity contribution in [1.29, 1.82) is 0 Å². The maximum atomic E-state index is 13.2. The van der Waals surface area contributed by atoms with E-state index in [0.717, 1.165) is 86.4 Å². The van der Waals surface area contributed by atoms with Crippen LogP contribution in [0.1, 0.15) is 79.9 Å². The second-order valence-electron chi connectivity index (χ2n) is 8.64. The van der Waals surface area contributed by atoms with Crippen molar-refractivity contribution in [1.82, 2.24) is 14.7 Å². The lowest BCUT2D eigenvalue weighted by atomic mass is 9.95. The van der Waals surface area contributed by atoms with Crippen molar-refractivity contribution in [3.8, 4) is 0 Å². The molecule has 0 bridgehead atoms. The number of nitrogens with zero attached hydrogens (tertiary/aromatic N) is 3. The van der Waals surface area contributed by atoms with Gasteiger partial charge in [-0.15, -0.1) is 0 Å². The molecule has 6 heteroatoms. The maximum Gasteiger partial charge on any atom is 0.274 e. The fourth-order valence-electron chi connectivity index (χ4n) is 5.18. The van der Waals surface area contributed by atoms with Crippen LogP contribution in [0.3, 0.4) is 0 Å². The number of rotatable bonds is 7. The number of amides is 1. The van der Waals surface area contributed by atoms with Crippen molar-refractivity contribution >= 4 is 11.6 Å². The Hall–Kier alpha value is -2.18. The van der Waals surface area contributed by atoms with Crippen LogP contribution in [-0.4, -0.2) is 46.3 Å². The van der Waals surface area contributed by atoms with Gasteiger partial charge in [-0.3, -0.25) is 9.48 Å². The molecule has 1 saturated heterocycles. The van der Waals surface area contributed by atoms with Gasteiger partial charge in [-0.2, -0.15) is 5.10 Å². The van der Waals surface area contributed by atoms with Crippen LogP contribution in [0.15, 0.2) is 24.3 Å². The Kier molecular flexibility index (Phi) is 7.08. The van der Waals surface area contributed by atoms with Crippen molar-refractivity contribution in [3.05, 3.63) is 46.8 Å². The fraction of sp³-hybridized carbons (Fsp3) is 0.600. The van der Waals surface area contributed by atoms with Crippen molar-refractivity contribution in [2.75, 3.05) is 25.0 Å². The number of nitrogens with one attached hydrogen (secondary N) is 1. The van der Waals surface area contributed by atoms with Gasteiger partial charge in [-0.1, -0.05) is 26.0 Å². The zero-order chi connectivity index (χ0) is 21.8. The van der Waals surface area contributed by atoms with Crippen LogP contribution in [0.2, 0.25) is 0 Å². The van der Waals surface area contributed by atoms with E-state index in [-0.39, 0.29) is 12.0 Å². The highest BCUT2D eigenvalue weighted by atomic mass is 16.5. The van der Waals surface area contributed by atoms with Gasteiger partial charge in [-0.05, 0) is 76.2 Å². The molecular formula is C25H36N4O2. The summed E-state index contributed by atoms with van der Waals surface area (Å²) in [6.07, 6.45) is 6.36. The molecule has 6 nitrogen and oxygen atoms in total. The lowest BCUT2D eigenvalue weighted by molar-refractivity contribution is -0.0265. The number of ether oxygens (including phenoxy) is 1. The molecule has 0 radical (unpaired) electrons. The molecule has 1 aromatic heterocycles. The van der Waals surface area contributed by atoms with E-state index in [1.54, 1.807) is 0 Å². The Bertz CT molecular complexity index is 903. The van der Waals surface area contributed by atoms with Gasteiger partial charge in [0.25, 0.3) is 5.91 Å². The minimum absolute atomic E-state index is 0.0553. The number of hydrogen-bond acceptors (Lipinski definition) is 4. The number of aromatic nitrogens is 2. The molecule has 1 N–H and O–H groups in total. The summed E-state index contributed by atoms with van der Waals surface area (Å²) in [4.78, 5) is 15.7. The highest BCUT2D eigenvalue weighted by molar-refractivity contribution is 6.04. The third-order valence-corrected chi connectivity index (χ3v) is 6.84. The van der Waals surface area contributed by atoms with Crippen molar-refractivity contribution in [3.63, 3.8) is 0 Å². The van der Waals surface area contributed by atoms with E-state index < -0.39 is 0 Å². The van der Waals surface area contributed by atoms with E-state index >= 15 is 0 Å². The molecule has 168 valence electrons. The third kappa shape index (κ3) is 4.70. The van der Waals surface area contributed by atoms with Gasteiger partial charge in [0.1, 0.15) is 5.69 Å². The van der Waals surface area contributed by atoms with Crippen LogP contribution in [0.5, 0.6) is 0 Å². The second-order valence-corrected chi connectivity index (χ2v) is 8.64. The molecule has 2 aromatic rings. The Morgan fingerprint density at radius 2 is 2.03 bits per heavy atom. The average molecular weight is 425 g/mol. The first kappa shape index (κ1) is 22.0. The van der Waals surface area contributed by atoms with E-state index in [9.17, 15) is 4.79 Å². The normalized spacial score (nSPS) is 21.2. The van der Waals surface area contributed by atoms with E-state index in [1.165, 1.54) is 0 Å². The molecular weight excluding hydrogens is 388 g/mol. The molecule has 1 aromatic carbocycles. The minimum Gasteiger partial charge on any atom is -0.373 e. The number of aryl methyl sites for hydroxylation is 2. The van der Waals surface area contributed by atoms with E-state index in [0.29, 0.717) is 12.6 Å². The monoisotopic (exact) mass is 424 g/mol. The van der Waals surface area contributed by atoms with Crippen LogP contribution >= 0.6 is 0 Å². The quantitative estimate of drug-likeness (QED) is 0.706. The SMILES string of the molecule is CCN(CC)[C@@H]1CCO[C@H](c2cccc(NC(=O)c3c4c(nn3CC)CCCC4)c2)C1. The van der Waals surface area contributed by atoms with Crippen LogP contribution in [-0.2, 0) is 24.1 Å². The van der Waals surface area contributed by atoms with E-state index in [2.05, 4.69) is 36.2 Å². The predicted octanol–water partition coefficient (Wildman–Crippen LogP) is 4.60. The molecule has 31 heavy (non-hydrogen) atoms. The van der Waals surface area contributed by atoms with Crippen LogP contribution in [0.4, 0.5) is 5.69 Å². The average Bonchev–Trinajstić information content (AvgIpc) is 3.19. The van der Waals surface area contributed by atoms with Gasteiger partial charge < -0.3 is 15.0 Å². The molecule has 0 saturated carbocycles. The molecule has 1 aliphatic carbocycles. The third-order valence-electron chi connectivity index (χ3n) is 6.84. The summed E-state index contributed by atoms with van der Waals surface area (Å²) in [6, 6.07) is 8.72. The first-order valence-electron chi connectivity index (χ1n) is 12.0. The summed E-state index contributed by atoms with van der Waals surface area (Å²) in [7, 11) is 0. The molecule has 1 aliphatic heterocycles. The number of hydrogen-bond donors (Lipinski definition) is 1. The van der Waals surface area contributed by atoms with Gasteiger partial charge >= 0.3 is 0 Å². The lowest BCUT2D eigenvalue weighted by Gasteiger charge is -2.36. The molecule has 0 spiro atoms.